The van der Waals surface area contributed by atoms with E-state index in [0.717, 1.165) is 19.6 Å². The molecule has 0 aliphatic carbocycles. The minimum Gasteiger partial charge on any atom is -0.323 e. The van der Waals surface area contributed by atoms with Crippen LogP contribution >= 0.6 is 0 Å². The van der Waals surface area contributed by atoms with Crippen molar-refractivity contribution in [2.45, 2.75) is 45.8 Å². The molecule has 0 radical (unpaired) electrons. The average molecular weight is 275 g/mol. The maximum atomic E-state index is 6.42. The van der Waals surface area contributed by atoms with Crippen LogP contribution in [0.5, 0.6) is 0 Å². The predicted octanol–water partition coefficient (Wildman–Crippen LogP) is 2.33. The molecular formula is C17H29N3. The minimum absolute atomic E-state index is 0.108. The Hall–Kier alpha value is -0.900. The van der Waals surface area contributed by atoms with Crippen molar-refractivity contribution in [2.75, 3.05) is 26.7 Å². The van der Waals surface area contributed by atoms with E-state index in [1.807, 2.05) is 0 Å². The SMILES string of the molecule is Cc1ccc(C(N)CN2CC(C)N(C)C(C)C2)cc1C. The zero-order chi connectivity index (χ0) is 14.9. The van der Waals surface area contributed by atoms with Gasteiger partial charge in [-0.15, -0.1) is 0 Å². The van der Waals surface area contributed by atoms with Crippen LogP contribution in [0.25, 0.3) is 0 Å². The van der Waals surface area contributed by atoms with E-state index in [2.05, 4.69) is 62.7 Å². The molecule has 1 heterocycles. The van der Waals surface area contributed by atoms with Crippen LogP contribution in [0, 0.1) is 13.8 Å². The van der Waals surface area contributed by atoms with Gasteiger partial charge in [-0.2, -0.15) is 0 Å². The Morgan fingerprint density at radius 2 is 1.75 bits per heavy atom. The van der Waals surface area contributed by atoms with Crippen LogP contribution in [-0.2, 0) is 0 Å². The number of piperazine rings is 1. The molecule has 20 heavy (non-hydrogen) atoms. The van der Waals surface area contributed by atoms with Crippen molar-refractivity contribution in [1.82, 2.24) is 9.80 Å². The van der Waals surface area contributed by atoms with Gasteiger partial charge in [-0.05, 0) is 51.4 Å². The van der Waals surface area contributed by atoms with E-state index in [-0.39, 0.29) is 6.04 Å². The van der Waals surface area contributed by atoms with Crippen molar-refractivity contribution in [2.24, 2.45) is 5.73 Å². The molecule has 0 saturated carbocycles. The standard InChI is InChI=1S/C17H29N3/c1-12-6-7-16(8-13(12)2)17(18)11-20-9-14(3)19(5)15(4)10-20/h6-8,14-15,17H,9-11,18H2,1-5H3. The topological polar surface area (TPSA) is 32.5 Å². The van der Waals surface area contributed by atoms with Gasteiger partial charge < -0.3 is 5.73 Å². The molecule has 3 nitrogen and oxygen atoms in total. The number of benzene rings is 1. The van der Waals surface area contributed by atoms with E-state index in [0.29, 0.717) is 12.1 Å². The van der Waals surface area contributed by atoms with Crippen LogP contribution in [0.4, 0.5) is 0 Å². The zero-order valence-corrected chi connectivity index (χ0v) is 13.6. The first-order chi connectivity index (χ1) is 9.38. The summed E-state index contributed by atoms with van der Waals surface area (Å²) >= 11 is 0. The number of nitrogens with two attached hydrogens (primary N) is 1. The largest absolute Gasteiger partial charge is 0.323 e. The van der Waals surface area contributed by atoms with Crippen LogP contribution in [0.15, 0.2) is 18.2 Å². The molecule has 3 heteroatoms. The quantitative estimate of drug-likeness (QED) is 0.919. The lowest BCUT2D eigenvalue weighted by atomic mass is 10.0. The number of hydrogen-bond donors (Lipinski definition) is 1. The first kappa shape index (κ1) is 15.5. The molecule has 0 spiro atoms. The highest BCUT2D eigenvalue weighted by atomic mass is 15.3. The van der Waals surface area contributed by atoms with E-state index in [9.17, 15) is 0 Å². The van der Waals surface area contributed by atoms with Crippen molar-refractivity contribution >= 4 is 0 Å². The van der Waals surface area contributed by atoms with Gasteiger partial charge in [0.1, 0.15) is 0 Å². The van der Waals surface area contributed by atoms with Gasteiger partial charge >= 0.3 is 0 Å². The molecule has 112 valence electrons. The van der Waals surface area contributed by atoms with Crippen LogP contribution in [-0.4, -0.2) is 48.6 Å². The van der Waals surface area contributed by atoms with Crippen LogP contribution < -0.4 is 5.73 Å². The average Bonchev–Trinajstić information content (AvgIpc) is 2.39. The molecule has 1 saturated heterocycles. The maximum absolute atomic E-state index is 6.42. The van der Waals surface area contributed by atoms with Crippen molar-refractivity contribution in [3.63, 3.8) is 0 Å². The molecule has 2 N–H and O–H groups in total. The van der Waals surface area contributed by atoms with Gasteiger partial charge in [0.15, 0.2) is 0 Å². The Balaban J connectivity index is 2.00. The van der Waals surface area contributed by atoms with Crippen LogP contribution in [0.1, 0.15) is 36.6 Å². The maximum Gasteiger partial charge on any atom is 0.0424 e. The minimum atomic E-state index is 0.108. The lowest BCUT2D eigenvalue weighted by Gasteiger charge is -2.43. The first-order valence-electron chi connectivity index (χ1n) is 7.65. The van der Waals surface area contributed by atoms with Gasteiger partial charge in [0.25, 0.3) is 0 Å². The normalized spacial score (nSPS) is 26.7. The third kappa shape index (κ3) is 3.40. The number of rotatable bonds is 3. The third-order valence-electron chi connectivity index (χ3n) is 4.85. The summed E-state index contributed by atoms with van der Waals surface area (Å²) in [6, 6.07) is 7.91. The lowest BCUT2D eigenvalue weighted by Crippen LogP contribution is -2.55. The highest BCUT2D eigenvalue weighted by Crippen LogP contribution is 2.19. The van der Waals surface area contributed by atoms with Crippen molar-refractivity contribution < 1.29 is 0 Å². The molecule has 0 aromatic heterocycles. The fraction of sp³-hybridized carbons (Fsp3) is 0.647. The Kier molecular flexibility index (Phi) is 4.84. The molecule has 1 aliphatic heterocycles. The number of hydrogen-bond acceptors (Lipinski definition) is 3. The highest BCUT2D eigenvalue weighted by Gasteiger charge is 2.27. The molecule has 0 amide bonds. The van der Waals surface area contributed by atoms with Gasteiger partial charge in [-0.1, -0.05) is 18.2 Å². The van der Waals surface area contributed by atoms with Crippen molar-refractivity contribution in [3.8, 4) is 0 Å². The molecule has 3 unspecified atom stereocenters. The van der Waals surface area contributed by atoms with E-state index in [4.69, 9.17) is 5.73 Å². The lowest BCUT2D eigenvalue weighted by molar-refractivity contribution is 0.0566. The number of likely N-dealkylation sites (N-methyl/N-ethyl adjacent to an activating group) is 1. The van der Waals surface area contributed by atoms with Gasteiger partial charge in [0, 0.05) is 37.8 Å². The summed E-state index contributed by atoms with van der Waals surface area (Å²) in [6.07, 6.45) is 0. The summed E-state index contributed by atoms with van der Waals surface area (Å²) < 4.78 is 0. The fourth-order valence-electron chi connectivity index (χ4n) is 3.04. The Morgan fingerprint density at radius 3 is 2.30 bits per heavy atom. The number of aryl methyl sites for hydroxylation is 2. The molecule has 1 aromatic carbocycles. The summed E-state index contributed by atoms with van der Waals surface area (Å²) in [6.45, 7) is 12.1. The summed E-state index contributed by atoms with van der Waals surface area (Å²) in [5.74, 6) is 0. The number of nitrogens with zero attached hydrogens (tertiary/aromatic N) is 2. The summed E-state index contributed by atoms with van der Waals surface area (Å²) in [4.78, 5) is 4.97. The van der Waals surface area contributed by atoms with Gasteiger partial charge in [-0.25, -0.2) is 0 Å². The second-order valence-electron chi connectivity index (χ2n) is 6.53. The Bertz CT molecular complexity index is 446. The van der Waals surface area contributed by atoms with Gasteiger partial charge in [0.05, 0.1) is 0 Å². The molecular weight excluding hydrogens is 246 g/mol. The molecule has 1 aromatic rings. The molecule has 2 rings (SSSR count). The first-order valence-corrected chi connectivity index (χ1v) is 7.65. The summed E-state index contributed by atoms with van der Waals surface area (Å²) in [5.41, 5.74) is 10.3. The molecule has 1 aliphatic rings. The second kappa shape index (κ2) is 6.25. The summed E-state index contributed by atoms with van der Waals surface area (Å²) in [5, 5.41) is 0. The predicted molar refractivity (Wildman–Crippen MR) is 86.0 cm³/mol. The highest BCUT2D eigenvalue weighted by molar-refractivity contribution is 5.31. The second-order valence-corrected chi connectivity index (χ2v) is 6.53. The zero-order valence-electron chi connectivity index (χ0n) is 13.6. The summed E-state index contributed by atoms with van der Waals surface area (Å²) in [7, 11) is 2.22. The molecule has 0 bridgehead atoms. The van der Waals surface area contributed by atoms with Gasteiger partial charge in [-0.3, -0.25) is 9.80 Å². The van der Waals surface area contributed by atoms with E-state index >= 15 is 0 Å². The van der Waals surface area contributed by atoms with Crippen molar-refractivity contribution in [1.29, 1.82) is 0 Å². The van der Waals surface area contributed by atoms with Crippen LogP contribution in [0.3, 0.4) is 0 Å². The van der Waals surface area contributed by atoms with Gasteiger partial charge in [0.2, 0.25) is 0 Å². The van der Waals surface area contributed by atoms with Crippen molar-refractivity contribution in [3.05, 3.63) is 34.9 Å². The molecule has 1 fully saturated rings. The fourth-order valence-corrected chi connectivity index (χ4v) is 3.04. The smallest absolute Gasteiger partial charge is 0.0424 e. The Labute approximate surface area is 123 Å². The van der Waals surface area contributed by atoms with E-state index in [1.165, 1.54) is 16.7 Å². The Morgan fingerprint density at radius 1 is 1.15 bits per heavy atom. The monoisotopic (exact) mass is 275 g/mol. The van der Waals surface area contributed by atoms with E-state index in [1.54, 1.807) is 0 Å². The van der Waals surface area contributed by atoms with Crippen LogP contribution in [0.2, 0.25) is 0 Å². The molecule has 3 atom stereocenters. The third-order valence-corrected chi connectivity index (χ3v) is 4.85. The van der Waals surface area contributed by atoms with E-state index < -0.39 is 0 Å².